The number of amides is 1. The van der Waals surface area contributed by atoms with Gasteiger partial charge in [0.1, 0.15) is 0 Å². The van der Waals surface area contributed by atoms with E-state index in [1.54, 1.807) is 6.20 Å². The first-order valence-corrected chi connectivity index (χ1v) is 9.45. The van der Waals surface area contributed by atoms with Gasteiger partial charge in [-0.3, -0.25) is 9.78 Å². The van der Waals surface area contributed by atoms with E-state index in [1.165, 1.54) is 10.4 Å². The van der Waals surface area contributed by atoms with E-state index in [2.05, 4.69) is 16.4 Å². The summed E-state index contributed by atoms with van der Waals surface area (Å²) in [5.74, 6) is 0.174. The molecular weight excluding hydrogens is 320 g/mol. The standard InChI is InChI=1S/C19H22N2O2S/c1-14-3-2-8-20-16(14)13-18(22)21-9-6-19(7-10-21)15-5-12-24-17(15)4-11-23-19/h2-3,5,8,12H,4,6-7,9-11,13H2,1H3. The van der Waals surface area contributed by atoms with Crippen LogP contribution >= 0.6 is 11.3 Å². The molecule has 2 aromatic rings. The molecule has 1 amide bonds. The zero-order valence-electron chi connectivity index (χ0n) is 14.0. The summed E-state index contributed by atoms with van der Waals surface area (Å²) >= 11 is 1.83. The lowest BCUT2D eigenvalue weighted by Gasteiger charge is -2.44. The van der Waals surface area contributed by atoms with E-state index in [0.717, 1.165) is 50.2 Å². The molecule has 0 unspecified atom stereocenters. The monoisotopic (exact) mass is 342 g/mol. The summed E-state index contributed by atoms with van der Waals surface area (Å²) in [5, 5.41) is 2.17. The van der Waals surface area contributed by atoms with Crippen LogP contribution in [0.4, 0.5) is 0 Å². The van der Waals surface area contributed by atoms with E-state index in [1.807, 2.05) is 35.3 Å². The highest BCUT2D eigenvalue weighted by atomic mass is 32.1. The molecule has 0 radical (unpaired) electrons. The third-order valence-electron chi connectivity index (χ3n) is 5.30. The Bertz CT molecular complexity index is 747. The van der Waals surface area contributed by atoms with Crippen LogP contribution in [-0.2, 0) is 28.0 Å². The average molecular weight is 342 g/mol. The normalized spacial score (nSPS) is 19.3. The Kier molecular flexibility index (Phi) is 4.14. The number of likely N-dealkylation sites (tertiary alicyclic amines) is 1. The van der Waals surface area contributed by atoms with Crippen LogP contribution in [0.5, 0.6) is 0 Å². The summed E-state index contributed by atoms with van der Waals surface area (Å²) in [4.78, 5) is 20.4. The molecule has 0 N–H and O–H groups in total. The van der Waals surface area contributed by atoms with Crippen LogP contribution in [-0.4, -0.2) is 35.5 Å². The number of thiophene rings is 1. The second kappa shape index (κ2) is 6.30. The van der Waals surface area contributed by atoms with Crippen LogP contribution in [0.3, 0.4) is 0 Å². The molecule has 4 heterocycles. The van der Waals surface area contributed by atoms with Crippen LogP contribution in [0, 0.1) is 6.92 Å². The maximum atomic E-state index is 12.6. The molecule has 1 saturated heterocycles. The van der Waals surface area contributed by atoms with Crippen molar-refractivity contribution >= 4 is 17.2 Å². The van der Waals surface area contributed by atoms with Crippen molar-refractivity contribution in [2.75, 3.05) is 19.7 Å². The van der Waals surface area contributed by atoms with E-state index >= 15 is 0 Å². The lowest BCUT2D eigenvalue weighted by Crippen LogP contribution is -2.48. The van der Waals surface area contributed by atoms with Crippen molar-refractivity contribution in [3.8, 4) is 0 Å². The van der Waals surface area contributed by atoms with Gasteiger partial charge in [-0.15, -0.1) is 11.3 Å². The van der Waals surface area contributed by atoms with Crippen LogP contribution in [0.25, 0.3) is 0 Å². The van der Waals surface area contributed by atoms with Gasteiger partial charge in [-0.25, -0.2) is 0 Å². The zero-order chi connectivity index (χ0) is 16.6. The third kappa shape index (κ3) is 2.76. The molecule has 0 aromatic carbocycles. The summed E-state index contributed by atoms with van der Waals surface area (Å²) in [5.41, 5.74) is 3.17. The molecule has 4 nitrogen and oxygen atoms in total. The predicted octanol–water partition coefficient (Wildman–Crippen LogP) is 3.08. The topological polar surface area (TPSA) is 42.4 Å². The molecule has 4 rings (SSSR count). The molecule has 0 saturated carbocycles. The minimum atomic E-state index is -0.161. The number of aryl methyl sites for hydroxylation is 1. The van der Waals surface area contributed by atoms with E-state index < -0.39 is 0 Å². The first kappa shape index (κ1) is 15.8. The number of carbonyl (C=O) groups excluding carboxylic acids is 1. The van der Waals surface area contributed by atoms with Crippen molar-refractivity contribution in [3.05, 3.63) is 51.5 Å². The van der Waals surface area contributed by atoms with E-state index in [9.17, 15) is 4.79 Å². The van der Waals surface area contributed by atoms with E-state index in [4.69, 9.17) is 4.74 Å². The predicted molar refractivity (Wildman–Crippen MR) is 94.1 cm³/mol. The Hall–Kier alpha value is -1.72. The molecule has 0 atom stereocenters. The maximum absolute atomic E-state index is 12.6. The smallest absolute Gasteiger partial charge is 0.228 e. The second-order valence-electron chi connectivity index (χ2n) is 6.67. The number of piperidine rings is 1. The van der Waals surface area contributed by atoms with Crippen LogP contribution in [0.2, 0.25) is 0 Å². The van der Waals surface area contributed by atoms with Gasteiger partial charge in [0.2, 0.25) is 5.91 Å². The molecule has 1 fully saturated rings. The SMILES string of the molecule is Cc1cccnc1CC(=O)N1CCC2(CC1)OCCc1sccc12. The molecular formula is C19H22N2O2S. The summed E-state index contributed by atoms with van der Waals surface area (Å²) in [6.45, 7) is 4.34. The fourth-order valence-corrected chi connectivity index (χ4v) is 4.80. The summed E-state index contributed by atoms with van der Waals surface area (Å²) in [7, 11) is 0. The fourth-order valence-electron chi connectivity index (χ4n) is 3.85. The molecule has 0 aliphatic carbocycles. The summed E-state index contributed by atoms with van der Waals surface area (Å²) in [6, 6.07) is 6.13. The summed E-state index contributed by atoms with van der Waals surface area (Å²) < 4.78 is 6.21. The van der Waals surface area contributed by atoms with E-state index in [0.29, 0.717) is 6.42 Å². The highest BCUT2D eigenvalue weighted by Crippen LogP contribution is 2.43. The minimum absolute atomic E-state index is 0.161. The lowest BCUT2D eigenvalue weighted by atomic mass is 9.82. The van der Waals surface area contributed by atoms with Gasteiger partial charge in [0.05, 0.1) is 24.3 Å². The van der Waals surface area contributed by atoms with Gasteiger partial charge in [0, 0.05) is 30.6 Å². The van der Waals surface area contributed by atoms with Crippen LogP contribution in [0.1, 0.15) is 34.5 Å². The van der Waals surface area contributed by atoms with Crippen molar-refractivity contribution in [3.63, 3.8) is 0 Å². The fraction of sp³-hybridized carbons (Fsp3) is 0.474. The number of fused-ring (bicyclic) bond motifs is 2. The van der Waals surface area contributed by atoms with Gasteiger partial charge < -0.3 is 9.64 Å². The molecule has 5 heteroatoms. The Morgan fingerprint density at radius 2 is 2.21 bits per heavy atom. The van der Waals surface area contributed by atoms with Crippen molar-refractivity contribution in [2.24, 2.45) is 0 Å². The number of carbonyl (C=O) groups is 1. The number of ether oxygens (including phenoxy) is 1. The average Bonchev–Trinajstić information content (AvgIpc) is 3.08. The number of aromatic nitrogens is 1. The third-order valence-corrected chi connectivity index (χ3v) is 6.28. The van der Waals surface area contributed by atoms with Gasteiger partial charge in [0.15, 0.2) is 0 Å². The van der Waals surface area contributed by atoms with Gasteiger partial charge in [-0.1, -0.05) is 6.07 Å². The molecule has 2 aromatic heterocycles. The molecule has 0 bridgehead atoms. The number of pyridine rings is 1. The van der Waals surface area contributed by atoms with Crippen LogP contribution < -0.4 is 0 Å². The molecule has 2 aliphatic rings. The van der Waals surface area contributed by atoms with Gasteiger partial charge in [-0.2, -0.15) is 0 Å². The number of hydrogen-bond acceptors (Lipinski definition) is 4. The Morgan fingerprint density at radius 3 is 3.00 bits per heavy atom. The Balaban J connectivity index is 1.44. The second-order valence-corrected chi connectivity index (χ2v) is 7.68. The van der Waals surface area contributed by atoms with Crippen LogP contribution in [0.15, 0.2) is 29.8 Å². The van der Waals surface area contributed by atoms with Gasteiger partial charge in [-0.05, 0) is 48.4 Å². The number of hydrogen-bond donors (Lipinski definition) is 0. The first-order valence-electron chi connectivity index (χ1n) is 8.57. The van der Waals surface area contributed by atoms with Crippen molar-refractivity contribution in [2.45, 2.75) is 38.2 Å². The van der Waals surface area contributed by atoms with Gasteiger partial charge in [0.25, 0.3) is 0 Å². The highest BCUT2D eigenvalue weighted by molar-refractivity contribution is 7.10. The van der Waals surface area contributed by atoms with Crippen molar-refractivity contribution < 1.29 is 9.53 Å². The quantitative estimate of drug-likeness (QED) is 0.842. The van der Waals surface area contributed by atoms with Crippen molar-refractivity contribution in [1.82, 2.24) is 9.88 Å². The zero-order valence-corrected chi connectivity index (χ0v) is 14.8. The highest BCUT2D eigenvalue weighted by Gasteiger charge is 2.42. The molecule has 2 aliphatic heterocycles. The van der Waals surface area contributed by atoms with E-state index in [-0.39, 0.29) is 11.5 Å². The first-order chi connectivity index (χ1) is 11.7. The van der Waals surface area contributed by atoms with Crippen molar-refractivity contribution in [1.29, 1.82) is 0 Å². The summed E-state index contributed by atoms with van der Waals surface area (Å²) in [6.07, 6.45) is 4.96. The molecule has 1 spiro atoms. The number of nitrogens with zero attached hydrogens (tertiary/aromatic N) is 2. The Labute approximate surface area is 146 Å². The largest absolute Gasteiger partial charge is 0.370 e. The Morgan fingerprint density at radius 1 is 1.38 bits per heavy atom. The lowest BCUT2D eigenvalue weighted by molar-refractivity contribution is -0.140. The minimum Gasteiger partial charge on any atom is -0.370 e. The molecule has 126 valence electrons. The molecule has 24 heavy (non-hydrogen) atoms. The van der Waals surface area contributed by atoms with Gasteiger partial charge >= 0.3 is 0 Å². The number of rotatable bonds is 2. The maximum Gasteiger partial charge on any atom is 0.228 e.